The van der Waals surface area contributed by atoms with Crippen LogP contribution in [0, 0.1) is 25.7 Å². The molecule has 0 aliphatic heterocycles. The Kier molecular flexibility index (Phi) is 4.44. The first-order valence-electron chi connectivity index (χ1n) is 7.24. The summed E-state index contributed by atoms with van der Waals surface area (Å²) >= 11 is 0. The van der Waals surface area contributed by atoms with Crippen molar-refractivity contribution in [1.29, 1.82) is 0 Å². The van der Waals surface area contributed by atoms with Gasteiger partial charge in [-0.25, -0.2) is 4.98 Å². The lowest BCUT2D eigenvalue weighted by Crippen LogP contribution is -2.40. The molecule has 18 heavy (non-hydrogen) atoms. The van der Waals surface area contributed by atoms with Gasteiger partial charge in [-0.1, -0.05) is 26.7 Å². The van der Waals surface area contributed by atoms with Crippen molar-refractivity contribution in [3.05, 3.63) is 17.3 Å². The Morgan fingerprint density at radius 2 is 2.00 bits per heavy atom. The van der Waals surface area contributed by atoms with E-state index < -0.39 is 0 Å². The van der Waals surface area contributed by atoms with Crippen molar-refractivity contribution in [2.75, 3.05) is 0 Å². The molecule has 0 amide bonds. The summed E-state index contributed by atoms with van der Waals surface area (Å²) in [5, 5.41) is 3.65. The van der Waals surface area contributed by atoms with Crippen LogP contribution in [0.15, 0.2) is 4.42 Å². The molecule has 1 aromatic heterocycles. The Bertz CT molecular complexity index is 364. The van der Waals surface area contributed by atoms with Gasteiger partial charge < -0.3 is 9.73 Å². The fourth-order valence-corrected chi connectivity index (χ4v) is 3.04. The average Bonchev–Trinajstić information content (AvgIpc) is 2.66. The highest BCUT2D eigenvalue weighted by atomic mass is 16.4. The van der Waals surface area contributed by atoms with Gasteiger partial charge in [-0.05, 0) is 38.5 Å². The Hall–Kier alpha value is -0.830. The predicted molar refractivity (Wildman–Crippen MR) is 73.4 cm³/mol. The van der Waals surface area contributed by atoms with Crippen LogP contribution < -0.4 is 5.32 Å². The summed E-state index contributed by atoms with van der Waals surface area (Å²) < 4.78 is 5.63. The molecule has 1 saturated carbocycles. The normalized spacial score (nSPS) is 24.7. The molecule has 102 valence electrons. The third-order valence-corrected chi connectivity index (χ3v) is 4.26. The molecule has 0 aromatic carbocycles. The molecule has 0 radical (unpaired) electrons. The first kappa shape index (κ1) is 13.6. The number of oxazole rings is 1. The molecule has 0 spiro atoms. The molecule has 2 atom stereocenters. The molecule has 0 saturated heterocycles. The van der Waals surface area contributed by atoms with E-state index in [0.717, 1.165) is 35.7 Å². The summed E-state index contributed by atoms with van der Waals surface area (Å²) in [6.07, 6.45) is 5.39. The topological polar surface area (TPSA) is 38.1 Å². The number of aryl methyl sites for hydroxylation is 2. The highest BCUT2D eigenvalue weighted by Crippen LogP contribution is 2.30. The molecule has 3 nitrogen and oxygen atoms in total. The first-order valence-corrected chi connectivity index (χ1v) is 7.24. The Labute approximate surface area is 110 Å². The summed E-state index contributed by atoms with van der Waals surface area (Å²) in [5.41, 5.74) is 1.01. The van der Waals surface area contributed by atoms with Crippen molar-refractivity contribution < 1.29 is 4.42 Å². The van der Waals surface area contributed by atoms with E-state index in [0.29, 0.717) is 6.04 Å². The van der Waals surface area contributed by atoms with Crippen LogP contribution in [0.25, 0.3) is 0 Å². The molecule has 2 unspecified atom stereocenters. The monoisotopic (exact) mass is 250 g/mol. The van der Waals surface area contributed by atoms with Crippen LogP contribution in [-0.2, 0) is 6.54 Å². The molecular weight excluding hydrogens is 224 g/mol. The van der Waals surface area contributed by atoms with Gasteiger partial charge in [-0.3, -0.25) is 0 Å². The number of hydrogen-bond acceptors (Lipinski definition) is 3. The molecular formula is C15H26N2O. The average molecular weight is 250 g/mol. The first-order chi connectivity index (χ1) is 8.58. The minimum Gasteiger partial charge on any atom is -0.444 e. The maximum atomic E-state index is 5.63. The van der Waals surface area contributed by atoms with E-state index >= 15 is 0 Å². The lowest BCUT2D eigenvalue weighted by atomic mass is 9.78. The van der Waals surface area contributed by atoms with Crippen molar-refractivity contribution >= 4 is 0 Å². The van der Waals surface area contributed by atoms with Crippen LogP contribution in [0.3, 0.4) is 0 Å². The number of nitrogens with zero attached hydrogens (tertiary/aromatic N) is 1. The van der Waals surface area contributed by atoms with Gasteiger partial charge in [0.25, 0.3) is 0 Å². The van der Waals surface area contributed by atoms with Crippen LogP contribution >= 0.6 is 0 Å². The Balaban J connectivity index is 1.91. The minimum atomic E-state index is 0.631. The number of nitrogens with one attached hydrogen (secondary N) is 1. The van der Waals surface area contributed by atoms with Gasteiger partial charge in [-0.15, -0.1) is 0 Å². The van der Waals surface area contributed by atoms with Crippen molar-refractivity contribution in [2.24, 2.45) is 11.8 Å². The largest absolute Gasteiger partial charge is 0.444 e. The second-order valence-corrected chi connectivity index (χ2v) is 5.93. The fraction of sp³-hybridized carbons (Fsp3) is 0.800. The van der Waals surface area contributed by atoms with Crippen molar-refractivity contribution in [3.8, 4) is 0 Å². The van der Waals surface area contributed by atoms with Gasteiger partial charge in [0.15, 0.2) is 0 Å². The zero-order valence-electron chi connectivity index (χ0n) is 12.1. The summed E-state index contributed by atoms with van der Waals surface area (Å²) in [6, 6.07) is 0.631. The summed E-state index contributed by atoms with van der Waals surface area (Å²) in [5.74, 6) is 3.33. The molecule has 3 heteroatoms. The molecule has 2 rings (SSSR count). The van der Waals surface area contributed by atoms with Gasteiger partial charge in [-0.2, -0.15) is 0 Å². The van der Waals surface area contributed by atoms with E-state index in [-0.39, 0.29) is 0 Å². The van der Waals surface area contributed by atoms with E-state index in [2.05, 4.69) is 24.1 Å². The highest BCUT2D eigenvalue weighted by molar-refractivity contribution is 5.05. The molecule has 1 heterocycles. The lowest BCUT2D eigenvalue weighted by Gasteiger charge is -2.34. The lowest BCUT2D eigenvalue weighted by molar-refractivity contribution is 0.200. The maximum absolute atomic E-state index is 5.63. The number of rotatable bonds is 4. The molecule has 1 aliphatic rings. The second-order valence-electron chi connectivity index (χ2n) is 5.93. The van der Waals surface area contributed by atoms with Gasteiger partial charge in [0.05, 0.1) is 12.2 Å². The van der Waals surface area contributed by atoms with Crippen LogP contribution in [0.1, 0.15) is 56.9 Å². The molecule has 0 bridgehead atoms. The Morgan fingerprint density at radius 1 is 1.28 bits per heavy atom. The van der Waals surface area contributed by atoms with Crippen molar-refractivity contribution in [3.63, 3.8) is 0 Å². The smallest absolute Gasteiger partial charge is 0.208 e. The van der Waals surface area contributed by atoms with Crippen LogP contribution in [0.5, 0.6) is 0 Å². The highest BCUT2D eigenvalue weighted by Gasteiger charge is 2.27. The van der Waals surface area contributed by atoms with Crippen molar-refractivity contribution in [2.45, 2.75) is 66.0 Å². The molecule has 1 aromatic rings. The number of aromatic nitrogens is 1. The van der Waals surface area contributed by atoms with E-state index in [4.69, 9.17) is 4.42 Å². The van der Waals surface area contributed by atoms with E-state index in [1.807, 2.05) is 13.8 Å². The number of hydrogen-bond donors (Lipinski definition) is 1. The third kappa shape index (κ3) is 3.14. The van der Waals surface area contributed by atoms with Gasteiger partial charge >= 0.3 is 0 Å². The Morgan fingerprint density at radius 3 is 2.61 bits per heavy atom. The van der Waals surface area contributed by atoms with Crippen LogP contribution in [0.2, 0.25) is 0 Å². The third-order valence-electron chi connectivity index (χ3n) is 4.26. The van der Waals surface area contributed by atoms with E-state index in [1.165, 1.54) is 25.7 Å². The zero-order chi connectivity index (χ0) is 13.1. The minimum absolute atomic E-state index is 0.631. The molecule has 1 fully saturated rings. The maximum Gasteiger partial charge on any atom is 0.208 e. The summed E-state index contributed by atoms with van der Waals surface area (Å²) in [6.45, 7) is 9.42. The zero-order valence-corrected chi connectivity index (χ0v) is 12.1. The van der Waals surface area contributed by atoms with Crippen LogP contribution in [-0.4, -0.2) is 11.0 Å². The molecule has 1 aliphatic carbocycles. The SMILES string of the molecule is Cc1nc(CNC2CCCCC2C(C)C)oc1C. The summed E-state index contributed by atoms with van der Waals surface area (Å²) in [7, 11) is 0. The standard InChI is InChI=1S/C15H26N2O/c1-10(2)13-7-5-6-8-14(13)16-9-15-17-11(3)12(4)18-15/h10,13-14,16H,5-9H2,1-4H3. The van der Waals surface area contributed by atoms with Gasteiger partial charge in [0.1, 0.15) is 5.76 Å². The fourth-order valence-electron chi connectivity index (χ4n) is 3.04. The van der Waals surface area contributed by atoms with Crippen LogP contribution in [0.4, 0.5) is 0 Å². The summed E-state index contributed by atoms with van der Waals surface area (Å²) in [4.78, 5) is 4.44. The van der Waals surface area contributed by atoms with E-state index in [1.54, 1.807) is 0 Å². The molecule has 1 N–H and O–H groups in total. The predicted octanol–water partition coefficient (Wildman–Crippen LogP) is 3.60. The van der Waals surface area contributed by atoms with Gasteiger partial charge in [0, 0.05) is 6.04 Å². The second kappa shape index (κ2) is 5.87. The quantitative estimate of drug-likeness (QED) is 0.887. The van der Waals surface area contributed by atoms with Gasteiger partial charge in [0.2, 0.25) is 5.89 Å². The van der Waals surface area contributed by atoms with Crippen molar-refractivity contribution in [1.82, 2.24) is 10.3 Å². The van der Waals surface area contributed by atoms with E-state index in [9.17, 15) is 0 Å².